The summed E-state index contributed by atoms with van der Waals surface area (Å²) in [4.78, 5) is 28.5. The smallest absolute Gasteiger partial charge is 0.255 e. The van der Waals surface area contributed by atoms with Crippen LogP contribution >= 0.6 is 0 Å². The number of amides is 1. The van der Waals surface area contributed by atoms with Crippen molar-refractivity contribution in [2.45, 2.75) is 33.2 Å². The Morgan fingerprint density at radius 3 is 2.68 bits per heavy atom. The predicted octanol–water partition coefficient (Wildman–Crippen LogP) is 1.45. The molecule has 3 rings (SSSR count). The molecule has 1 amide bonds. The van der Waals surface area contributed by atoms with Crippen molar-refractivity contribution >= 4 is 5.91 Å². The summed E-state index contributed by atoms with van der Waals surface area (Å²) in [5.41, 5.74) is 3.24. The van der Waals surface area contributed by atoms with Gasteiger partial charge < -0.3 is 9.88 Å². The van der Waals surface area contributed by atoms with Gasteiger partial charge in [0, 0.05) is 30.5 Å². The minimum atomic E-state index is -0.169. The van der Waals surface area contributed by atoms with Crippen LogP contribution in [0.5, 0.6) is 0 Å². The highest BCUT2D eigenvalue weighted by Gasteiger charge is 2.34. The van der Waals surface area contributed by atoms with Crippen LogP contribution < -0.4 is 5.56 Å². The molecule has 6 nitrogen and oxygen atoms in total. The van der Waals surface area contributed by atoms with Gasteiger partial charge in [0.2, 0.25) is 5.56 Å². The molecule has 2 aromatic heterocycles. The lowest BCUT2D eigenvalue weighted by atomic mass is 10.0. The number of hydrogen-bond acceptors (Lipinski definition) is 3. The summed E-state index contributed by atoms with van der Waals surface area (Å²) in [7, 11) is 0. The number of nitrogens with zero attached hydrogens (tertiary/aromatic N) is 3. The number of rotatable bonds is 3. The molecule has 0 spiro atoms. The fraction of sp³-hybridized carbons (Fsp3) is 0.438. The standard InChI is InChI=1S/C16H20N4O2/c1-4-14-13(5-6-15(21)17-14)16(22)19-8-12(9-19)20-11(3)7-10(2)18-20/h5-7,12H,4,8-9H2,1-3H3,(H,17,21). The minimum absolute atomic E-state index is 0.0223. The van der Waals surface area contributed by atoms with Crippen molar-refractivity contribution in [3.8, 4) is 0 Å². The van der Waals surface area contributed by atoms with Gasteiger partial charge in [-0.3, -0.25) is 14.3 Å². The number of H-pyrrole nitrogens is 1. The van der Waals surface area contributed by atoms with E-state index in [1.54, 1.807) is 11.0 Å². The maximum absolute atomic E-state index is 12.6. The summed E-state index contributed by atoms with van der Waals surface area (Å²) in [5.74, 6) is -0.0223. The molecule has 0 saturated carbocycles. The van der Waals surface area contributed by atoms with Gasteiger partial charge in [-0.25, -0.2) is 0 Å². The molecule has 116 valence electrons. The Kier molecular flexibility index (Phi) is 3.60. The van der Waals surface area contributed by atoms with E-state index >= 15 is 0 Å². The number of aromatic amines is 1. The quantitative estimate of drug-likeness (QED) is 0.932. The summed E-state index contributed by atoms with van der Waals surface area (Å²) >= 11 is 0. The van der Waals surface area contributed by atoms with Crippen molar-refractivity contribution in [3.63, 3.8) is 0 Å². The van der Waals surface area contributed by atoms with Gasteiger partial charge in [0.15, 0.2) is 0 Å². The summed E-state index contributed by atoms with van der Waals surface area (Å²) in [6.07, 6.45) is 0.631. The Morgan fingerprint density at radius 1 is 1.36 bits per heavy atom. The Morgan fingerprint density at radius 2 is 2.09 bits per heavy atom. The Labute approximate surface area is 128 Å². The summed E-state index contributed by atoms with van der Waals surface area (Å²) < 4.78 is 1.99. The lowest BCUT2D eigenvalue weighted by Crippen LogP contribution is -2.51. The van der Waals surface area contributed by atoms with Crippen LogP contribution in [0.25, 0.3) is 0 Å². The first-order chi connectivity index (χ1) is 10.5. The monoisotopic (exact) mass is 300 g/mol. The van der Waals surface area contributed by atoms with Crippen LogP contribution in [0.2, 0.25) is 0 Å². The SMILES string of the molecule is CCc1[nH]c(=O)ccc1C(=O)N1CC(n2nc(C)cc2C)C1. The van der Waals surface area contributed by atoms with Crippen LogP contribution in [0.3, 0.4) is 0 Å². The van der Waals surface area contributed by atoms with Gasteiger partial charge in [0.05, 0.1) is 17.3 Å². The number of pyridine rings is 1. The van der Waals surface area contributed by atoms with E-state index in [0.29, 0.717) is 30.8 Å². The molecule has 0 bridgehead atoms. The molecule has 2 aromatic rings. The summed E-state index contributed by atoms with van der Waals surface area (Å²) in [6, 6.07) is 5.31. The van der Waals surface area contributed by atoms with Crippen LogP contribution in [0, 0.1) is 13.8 Å². The normalized spacial score (nSPS) is 15.0. The van der Waals surface area contributed by atoms with Crippen LogP contribution in [-0.2, 0) is 6.42 Å². The van der Waals surface area contributed by atoms with Crippen LogP contribution in [0.15, 0.2) is 23.0 Å². The average Bonchev–Trinajstić information content (AvgIpc) is 2.75. The van der Waals surface area contributed by atoms with E-state index in [1.165, 1.54) is 6.07 Å². The van der Waals surface area contributed by atoms with E-state index in [1.807, 2.05) is 31.5 Å². The highest BCUT2D eigenvalue weighted by molar-refractivity contribution is 5.95. The van der Waals surface area contributed by atoms with E-state index in [9.17, 15) is 9.59 Å². The van der Waals surface area contributed by atoms with Crippen molar-refractivity contribution in [1.29, 1.82) is 0 Å². The molecular formula is C16H20N4O2. The zero-order valence-corrected chi connectivity index (χ0v) is 13.1. The maximum atomic E-state index is 12.6. The first-order valence-corrected chi connectivity index (χ1v) is 7.53. The molecule has 3 heterocycles. The number of carbonyl (C=O) groups excluding carboxylic acids is 1. The number of likely N-dealkylation sites (tertiary alicyclic amines) is 1. The number of carbonyl (C=O) groups is 1. The molecule has 1 N–H and O–H groups in total. The highest BCUT2D eigenvalue weighted by atomic mass is 16.2. The lowest BCUT2D eigenvalue weighted by Gasteiger charge is -2.40. The van der Waals surface area contributed by atoms with Crippen LogP contribution in [-0.4, -0.2) is 38.7 Å². The second kappa shape index (κ2) is 5.44. The fourth-order valence-electron chi connectivity index (χ4n) is 2.96. The molecule has 1 fully saturated rings. The van der Waals surface area contributed by atoms with Crippen molar-refractivity contribution in [2.75, 3.05) is 13.1 Å². The van der Waals surface area contributed by atoms with Gasteiger partial charge in [-0.2, -0.15) is 5.10 Å². The zero-order valence-electron chi connectivity index (χ0n) is 13.1. The number of hydrogen-bond donors (Lipinski definition) is 1. The van der Waals surface area contributed by atoms with E-state index in [2.05, 4.69) is 10.1 Å². The molecule has 22 heavy (non-hydrogen) atoms. The van der Waals surface area contributed by atoms with Gasteiger partial charge in [0.25, 0.3) is 5.91 Å². The van der Waals surface area contributed by atoms with Crippen LogP contribution in [0.4, 0.5) is 0 Å². The fourth-order valence-corrected chi connectivity index (χ4v) is 2.96. The summed E-state index contributed by atoms with van der Waals surface area (Å²) in [5, 5.41) is 4.48. The zero-order chi connectivity index (χ0) is 15.9. The summed E-state index contributed by atoms with van der Waals surface area (Å²) in [6.45, 7) is 7.24. The molecule has 1 saturated heterocycles. The van der Waals surface area contributed by atoms with Gasteiger partial charge in [0.1, 0.15) is 0 Å². The number of aryl methyl sites for hydroxylation is 3. The molecule has 0 atom stereocenters. The molecular weight excluding hydrogens is 280 g/mol. The molecule has 0 aromatic carbocycles. The van der Waals surface area contributed by atoms with Crippen molar-refractivity contribution in [2.24, 2.45) is 0 Å². The third-order valence-corrected chi connectivity index (χ3v) is 4.12. The van der Waals surface area contributed by atoms with E-state index < -0.39 is 0 Å². The molecule has 1 aliphatic heterocycles. The Balaban J connectivity index is 1.74. The molecule has 0 aliphatic carbocycles. The predicted molar refractivity (Wildman–Crippen MR) is 83.1 cm³/mol. The molecule has 0 unspecified atom stereocenters. The van der Waals surface area contributed by atoms with E-state index in [4.69, 9.17) is 0 Å². The maximum Gasteiger partial charge on any atom is 0.255 e. The molecule has 6 heteroatoms. The van der Waals surface area contributed by atoms with Crippen molar-refractivity contribution in [3.05, 3.63) is 51.2 Å². The topological polar surface area (TPSA) is 71.0 Å². The third kappa shape index (κ3) is 2.45. The van der Waals surface area contributed by atoms with Gasteiger partial charge >= 0.3 is 0 Å². The number of aromatic nitrogens is 3. The van der Waals surface area contributed by atoms with Gasteiger partial charge in [-0.15, -0.1) is 0 Å². The first kappa shape index (κ1) is 14.6. The van der Waals surface area contributed by atoms with Crippen LogP contribution in [0.1, 0.15) is 40.4 Å². The third-order valence-electron chi connectivity index (χ3n) is 4.12. The van der Waals surface area contributed by atoms with Gasteiger partial charge in [-0.1, -0.05) is 6.92 Å². The number of nitrogens with one attached hydrogen (secondary N) is 1. The second-order valence-corrected chi connectivity index (χ2v) is 5.80. The molecule has 1 aliphatic rings. The Hall–Kier alpha value is -2.37. The van der Waals surface area contributed by atoms with Gasteiger partial charge in [-0.05, 0) is 32.4 Å². The highest BCUT2D eigenvalue weighted by Crippen LogP contribution is 2.25. The molecule has 0 radical (unpaired) electrons. The first-order valence-electron chi connectivity index (χ1n) is 7.53. The second-order valence-electron chi connectivity index (χ2n) is 5.80. The average molecular weight is 300 g/mol. The van der Waals surface area contributed by atoms with Crippen molar-refractivity contribution in [1.82, 2.24) is 19.7 Å². The lowest BCUT2D eigenvalue weighted by molar-refractivity contribution is 0.0496. The van der Waals surface area contributed by atoms with E-state index in [0.717, 1.165) is 11.4 Å². The van der Waals surface area contributed by atoms with Crippen molar-refractivity contribution < 1.29 is 4.79 Å². The minimum Gasteiger partial charge on any atom is -0.334 e. The Bertz CT molecular complexity index is 769. The van der Waals surface area contributed by atoms with E-state index in [-0.39, 0.29) is 17.5 Å². The largest absolute Gasteiger partial charge is 0.334 e.